The Morgan fingerprint density at radius 2 is 1.89 bits per heavy atom. The fraction of sp³-hybridized carbons (Fsp3) is 0.520. The number of anilines is 3. The predicted molar refractivity (Wildman–Crippen MR) is 137 cm³/mol. The van der Waals surface area contributed by atoms with Gasteiger partial charge in [-0.05, 0) is 63.5 Å². The zero-order chi connectivity index (χ0) is 26.3. The van der Waals surface area contributed by atoms with Gasteiger partial charge in [-0.15, -0.1) is 0 Å². The number of amides is 1. The van der Waals surface area contributed by atoms with E-state index in [2.05, 4.69) is 20.6 Å². The third kappa shape index (κ3) is 5.19. The number of halogens is 3. The van der Waals surface area contributed by atoms with Crippen LogP contribution in [-0.4, -0.2) is 42.7 Å². The van der Waals surface area contributed by atoms with Crippen LogP contribution in [-0.2, 0) is 4.79 Å². The first-order valence-electron chi connectivity index (χ1n) is 12.5. The summed E-state index contributed by atoms with van der Waals surface area (Å²) in [5.41, 5.74) is 5.61. The minimum absolute atomic E-state index is 0.0402. The molecule has 12 heteroatoms. The van der Waals surface area contributed by atoms with Gasteiger partial charge in [0.2, 0.25) is 17.8 Å². The molecule has 2 aromatic heterocycles. The molecule has 1 aromatic carbocycles. The highest BCUT2D eigenvalue weighted by Crippen LogP contribution is 2.43. The Kier molecular flexibility index (Phi) is 6.93. The zero-order valence-electron chi connectivity index (χ0n) is 20.5. The summed E-state index contributed by atoms with van der Waals surface area (Å²) >= 11 is 5.79. The highest BCUT2D eigenvalue weighted by molar-refractivity contribution is 6.30. The van der Waals surface area contributed by atoms with Crippen molar-refractivity contribution in [2.24, 2.45) is 11.1 Å². The van der Waals surface area contributed by atoms with Crippen LogP contribution >= 0.6 is 11.6 Å². The molecule has 2 atom stereocenters. The van der Waals surface area contributed by atoms with E-state index in [9.17, 15) is 18.7 Å². The van der Waals surface area contributed by atoms with Crippen molar-refractivity contribution in [2.45, 2.75) is 76.5 Å². The van der Waals surface area contributed by atoms with E-state index in [1.807, 2.05) is 11.5 Å². The Morgan fingerprint density at radius 3 is 2.54 bits per heavy atom. The summed E-state index contributed by atoms with van der Waals surface area (Å²) in [6.07, 6.45) is 6.73. The van der Waals surface area contributed by atoms with Gasteiger partial charge < -0.3 is 21.5 Å². The number of hydrogen-bond acceptors (Lipinski definition) is 7. The van der Waals surface area contributed by atoms with Gasteiger partial charge in [-0.1, -0.05) is 18.5 Å². The van der Waals surface area contributed by atoms with E-state index in [4.69, 9.17) is 22.3 Å². The van der Waals surface area contributed by atoms with Crippen molar-refractivity contribution in [3.63, 3.8) is 0 Å². The van der Waals surface area contributed by atoms with Gasteiger partial charge in [0.1, 0.15) is 11.2 Å². The Bertz CT molecular complexity index is 1300. The van der Waals surface area contributed by atoms with Crippen LogP contribution in [0.25, 0.3) is 11.2 Å². The third-order valence-corrected chi connectivity index (χ3v) is 7.89. The summed E-state index contributed by atoms with van der Waals surface area (Å²) in [5, 5.41) is 16.1. The molecule has 3 aromatic rings. The summed E-state index contributed by atoms with van der Waals surface area (Å²) in [7, 11) is 0. The number of primary amides is 1. The number of carbonyl (C=O) groups is 1. The molecule has 0 spiro atoms. The summed E-state index contributed by atoms with van der Waals surface area (Å²) in [5.74, 6) is -1.44. The lowest BCUT2D eigenvalue weighted by Crippen LogP contribution is -2.38. The summed E-state index contributed by atoms with van der Waals surface area (Å²) in [6.45, 7) is 1.86. The molecule has 2 heterocycles. The molecule has 5 N–H and O–H groups in total. The fourth-order valence-electron chi connectivity index (χ4n) is 5.39. The van der Waals surface area contributed by atoms with Crippen molar-refractivity contribution >= 4 is 46.3 Å². The van der Waals surface area contributed by atoms with Crippen molar-refractivity contribution in [1.29, 1.82) is 0 Å². The number of imidazole rings is 1. The van der Waals surface area contributed by atoms with Crippen LogP contribution in [0, 0.1) is 17.0 Å². The molecule has 2 aliphatic carbocycles. The molecule has 0 radical (unpaired) electrons. The van der Waals surface area contributed by atoms with Gasteiger partial charge >= 0.3 is 0 Å². The number of nitrogens with two attached hydrogens (primary N) is 1. The van der Waals surface area contributed by atoms with Crippen LogP contribution in [0.15, 0.2) is 18.3 Å². The monoisotopic (exact) mass is 533 g/mol. The SMILES string of the molecule is C[C@]1(C(N)=O)CC[C@H](n2c(Nc3c(F)cc(Cl)cc3F)nc3cnc(N[C@@H]4CCC[C@H](O)C4)nc32)CC1. The smallest absolute Gasteiger partial charge is 0.224 e. The number of aliphatic hydroxyl groups excluding tert-OH is 1. The molecule has 1 amide bonds. The fourth-order valence-corrected chi connectivity index (χ4v) is 5.58. The number of benzene rings is 1. The average Bonchev–Trinajstić information content (AvgIpc) is 3.19. The second-order valence-corrected chi connectivity index (χ2v) is 10.8. The Hall–Kier alpha value is -3.05. The van der Waals surface area contributed by atoms with Crippen molar-refractivity contribution < 1.29 is 18.7 Å². The topological polar surface area (TPSA) is 131 Å². The molecular formula is C25H30ClF2N7O2. The maximum absolute atomic E-state index is 14.6. The van der Waals surface area contributed by atoms with Crippen LogP contribution in [0.3, 0.4) is 0 Å². The average molecular weight is 534 g/mol. The maximum atomic E-state index is 14.6. The lowest BCUT2D eigenvalue weighted by Gasteiger charge is -2.35. The van der Waals surface area contributed by atoms with Crippen molar-refractivity contribution in [3.8, 4) is 0 Å². The van der Waals surface area contributed by atoms with Gasteiger partial charge in [0, 0.05) is 22.5 Å². The van der Waals surface area contributed by atoms with Crippen molar-refractivity contribution in [3.05, 3.63) is 35.0 Å². The van der Waals surface area contributed by atoms with Gasteiger partial charge in [0.05, 0.1) is 12.3 Å². The lowest BCUT2D eigenvalue weighted by molar-refractivity contribution is -0.128. The lowest BCUT2D eigenvalue weighted by atomic mass is 9.73. The highest BCUT2D eigenvalue weighted by atomic mass is 35.5. The molecule has 0 aliphatic heterocycles. The molecule has 0 saturated heterocycles. The second-order valence-electron chi connectivity index (χ2n) is 10.4. The van der Waals surface area contributed by atoms with Gasteiger partial charge in [-0.25, -0.2) is 18.7 Å². The number of nitrogens with zero attached hydrogens (tertiary/aromatic N) is 4. The number of aliphatic hydroxyl groups is 1. The molecular weight excluding hydrogens is 504 g/mol. The molecule has 2 fully saturated rings. The number of aromatic nitrogens is 4. The van der Waals surface area contributed by atoms with E-state index >= 15 is 0 Å². The van der Waals surface area contributed by atoms with Gasteiger partial charge in [0.25, 0.3) is 0 Å². The highest BCUT2D eigenvalue weighted by Gasteiger charge is 2.38. The van der Waals surface area contributed by atoms with Crippen LogP contribution < -0.4 is 16.4 Å². The first-order valence-corrected chi connectivity index (χ1v) is 12.9. The van der Waals surface area contributed by atoms with Crippen molar-refractivity contribution in [1.82, 2.24) is 19.5 Å². The first-order chi connectivity index (χ1) is 17.6. The molecule has 37 heavy (non-hydrogen) atoms. The minimum Gasteiger partial charge on any atom is -0.393 e. The van der Waals surface area contributed by atoms with E-state index in [1.54, 1.807) is 6.20 Å². The molecule has 198 valence electrons. The van der Waals surface area contributed by atoms with Crippen LogP contribution in [0.5, 0.6) is 0 Å². The normalized spacial score (nSPS) is 26.2. The largest absolute Gasteiger partial charge is 0.393 e. The number of carbonyl (C=O) groups excluding carboxylic acids is 1. The summed E-state index contributed by atoms with van der Waals surface area (Å²) < 4.78 is 31.1. The standard InChI is InChI=1S/C25H30ClF2N7O2/c1-25(22(29)37)7-5-15(6-8-25)35-21-19(12-30-23(34-21)31-14-3-2-4-16(36)11-14)32-24(35)33-20-17(27)9-13(26)10-18(20)28/h9-10,12,14-16,36H,2-8,11H2,1H3,(H2,29,37)(H,32,33)(H,30,31,34)/t14-,15-,16+,25-/m1/s1. The molecule has 0 bridgehead atoms. The van der Waals surface area contributed by atoms with Gasteiger partial charge in [-0.3, -0.25) is 9.36 Å². The van der Waals surface area contributed by atoms with E-state index in [1.165, 1.54) is 0 Å². The Balaban J connectivity index is 1.52. The molecule has 2 aliphatic rings. The number of hydrogen-bond donors (Lipinski definition) is 4. The molecule has 5 rings (SSSR count). The van der Waals surface area contributed by atoms with Crippen LogP contribution in [0.4, 0.5) is 26.4 Å². The second kappa shape index (κ2) is 10.0. The van der Waals surface area contributed by atoms with Crippen LogP contribution in [0.1, 0.15) is 64.3 Å². The van der Waals surface area contributed by atoms with E-state index in [0.29, 0.717) is 49.2 Å². The zero-order valence-corrected chi connectivity index (χ0v) is 21.2. The van der Waals surface area contributed by atoms with Crippen molar-refractivity contribution in [2.75, 3.05) is 10.6 Å². The maximum Gasteiger partial charge on any atom is 0.224 e. The van der Waals surface area contributed by atoms with E-state index < -0.39 is 17.0 Å². The number of fused-ring (bicyclic) bond motifs is 1. The number of nitrogens with one attached hydrogen (secondary N) is 2. The van der Waals surface area contributed by atoms with Gasteiger partial charge in [0.15, 0.2) is 17.3 Å². The van der Waals surface area contributed by atoms with Gasteiger partial charge in [-0.2, -0.15) is 4.98 Å². The Labute approximate surface area is 217 Å². The molecule has 0 unspecified atom stereocenters. The van der Waals surface area contributed by atoms with Crippen LogP contribution in [0.2, 0.25) is 5.02 Å². The number of rotatable bonds is 6. The first kappa shape index (κ1) is 25.6. The van der Waals surface area contributed by atoms with E-state index in [-0.39, 0.29) is 40.8 Å². The molecule has 9 nitrogen and oxygen atoms in total. The minimum atomic E-state index is -0.849. The quantitative estimate of drug-likeness (QED) is 0.357. The predicted octanol–water partition coefficient (Wildman–Crippen LogP) is 4.82. The summed E-state index contributed by atoms with van der Waals surface area (Å²) in [6, 6.07) is 1.95. The Morgan fingerprint density at radius 1 is 1.19 bits per heavy atom. The van der Waals surface area contributed by atoms with E-state index in [0.717, 1.165) is 31.4 Å². The third-order valence-electron chi connectivity index (χ3n) is 7.67. The summed E-state index contributed by atoms with van der Waals surface area (Å²) in [4.78, 5) is 25.7. The molecule has 2 saturated carbocycles.